The highest BCUT2D eigenvalue weighted by Gasteiger charge is 2.27. The summed E-state index contributed by atoms with van der Waals surface area (Å²) in [4.78, 5) is 29.3. The minimum Gasteiger partial charge on any atom is -0.393 e. The Hall–Kier alpha value is -4.41. The van der Waals surface area contributed by atoms with E-state index in [1.165, 1.54) is 42.3 Å². The number of Topliss-reactive ketones (excluding diaryl/α,β-unsaturated/α-hetero) is 1. The number of carbonyl (C=O) groups excluding carboxylic acids is 2. The van der Waals surface area contributed by atoms with Gasteiger partial charge in [-0.3, -0.25) is 13.9 Å². The number of nitrogens with zero attached hydrogens (tertiary/aromatic N) is 2. The summed E-state index contributed by atoms with van der Waals surface area (Å²) >= 11 is 0. The van der Waals surface area contributed by atoms with Crippen LogP contribution in [0.3, 0.4) is 0 Å². The van der Waals surface area contributed by atoms with E-state index in [0.717, 1.165) is 33.3 Å². The van der Waals surface area contributed by atoms with Crippen molar-refractivity contribution in [1.29, 1.82) is 0 Å². The van der Waals surface area contributed by atoms with Crippen molar-refractivity contribution in [2.45, 2.75) is 58.1 Å². The lowest BCUT2D eigenvalue weighted by Gasteiger charge is -2.27. The summed E-state index contributed by atoms with van der Waals surface area (Å²) in [6.45, 7) is 3.87. The van der Waals surface area contributed by atoms with E-state index < -0.39 is 45.4 Å². The van der Waals surface area contributed by atoms with Gasteiger partial charge in [-0.15, -0.1) is 0 Å². The SMILES string of the molecule is Cc1cccc(CCC[C@@H](O)[C@@H](CC(=O)c2cc(C(=O)N(C)[C@H](C)c3ccccc3)cc(N(C)S(C)(=O)=O)c2)Cc2cc(F)cc(F)c2)c1. The van der Waals surface area contributed by atoms with Gasteiger partial charge in [0, 0.05) is 37.7 Å². The number of aryl methyl sites for hydroxylation is 2. The molecule has 0 aliphatic heterocycles. The highest BCUT2D eigenvalue weighted by Crippen LogP contribution is 2.28. The summed E-state index contributed by atoms with van der Waals surface area (Å²) in [7, 11) is -0.785. The topological polar surface area (TPSA) is 95.0 Å². The van der Waals surface area contributed by atoms with Crippen molar-refractivity contribution in [2.75, 3.05) is 24.7 Å². The minimum atomic E-state index is -3.76. The van der Waals surface area contributed by atoms with Crippen molar-refractivity contribution in [3.8, 4) is 0 Å². The number of hydrogen-bond donors (Lipinski definition) is 1. The van der Waals surface area contributed by atoms with Crippen LogP contribution >= 0.6 is 0 Å². The Morgan fingerprint density at radius 2 is 1.49 bits per heavy atom. The quantitative estimate of drug-likeness (QED) is 0.132. The number of anilines is 1. The molecule has 0 aliphatic carbocycles. The molecule has 3 atom stereocenters. The van der Waals surface area contributed by atoms with Gasteiger partial charge in [0.2, 0.25) is 10.0 Å². The third-order valence-corrected chi connectivity index (χ3v) is 10.2. The standard InChI is InChI=1S/C39H44F2N2O5S/c1-26-11-9-12-28(17-26)13-10-16-37(44)31(18-29-19-34(40)25-35(41)20-29)24-38(45)32-21-33(23-36(22-32)43(4)49(5,47)48)39(46)42(3)27(2)30-14-7-6-8-15-30/h6-9,11-12,14-15,17,19-23,25,27,31,37,44H,10,13,16,18,24H2,1-5H3/t27-,31-,37-/m1/s1. The van der Waals surface area contributed by atoms with Crippen molar-refractivity contribution in [2.24, 2.45) is 5.92 Å². The molecule has 0 aliphatic rings. The first-order chi connectivity index (χ1) is 23.1. The second kappa shape index (κ2) is 16.3. The van der Waals surface area contributed by atoms with Crippen molar-refractivity contribution < 1.29 is 31.9 Å². The molecule has 49 heavy (non-hydrogen) atoms. The largest absolute Gasteiger partial charge is 0.393 e. The summed E-state index contributed by atoms with van der Waals surface area (Å²) in [5, 5.41) is 11.4. The third kappa shape index (κ3) is 10.3. The van der Waals surface area contributed by atoms with Gasteiger partial charge >= 0.3 is 0 Å². The molecule has 4 aromatic carbocycles. The Bertz CT molecular complexity index is 1860. The number of rotatable bonds is 15. The Morgan fingerprint density at radius 3 is 2.12 bits per heavy atom. The van der Waals surface area contributed by atoms with E-state index in [1.807, 2.05) is 62.4 Å². The van der Waals surface area contributed by atoms with E-state index in [4.69, 9.17) is 0 Å². The maximum absolute atomic E-state index is 14.1. The predicted octanol–water partition coefficient (Wildman–Crippen LogP) is 7.32. The molecule has 7 nitrogen and oxygen atoms in total. The molecular formula is C39H44F2N2O5S. The summed E-state index contributed by atoms with van der Waals surface area (Å²) in [6.07, 6.45) is 1.51. The van der Waals surface area contributed by atoms with Crippen molar-refractivity contribution in [3.05, 3.63) is 136 Å². The fraction of sp³-hybridized carbons (Fsp3) is 0.333. The molecule has 0 aromatic heterocycles. The molecular weight excluding hydrogens is 647 g/mol. The van der Waals surface area contributed by atoms with Crippen molar-refractivity contribution >= 4 is 27.4 Å². The van der Waals surface area contributed by atoms with Crippen molar-refractivity contribution in [1.82, 2.24) is 4.90 Å². The molecule has 0 saturated heterocycles. The highest BCUT2D eigenvalue weighted by molar-refractivity contribution is 7.92. The molecule has 4 aromatic rings. The number of halogens is 2. The number of aliphatic hydroxyl groups is 1. The molecule has 0 saturated carbocycles. The Kier molecular flexibility index (Phi) is 12.5. The summed E-state index contributed by atoms with van der Waals surface area (Å²) in [5.74, 6) is -3.11. The Labute approximate surface area is 288 Å². The number of amides is 1. The van der Waals surface area contributed by atoms with E-state index in [0.29, 0.717) is 24.8 Å². The molecule has 4 rings (SSSR count). The molecule has 0 unspecified atom stereocenters. The van der Waals surface area contributed by atoms with Crippen LogP contribution in [0.4, 0.5) is 14.5 Å². The molecule has 0 fully saturated rings. The van der Waals surface area contributed by atoms with Gasteiger partial charge in [0.15, 0.2) is 5.78 Å². The molecule has 1 amide bonds. The third-order valence-electron chi connectivity index (χ3n) is 8.99. The van der Waals surface area contributed by atoms with Crippen LogP contribution in [0.2, 0.25) is 0 Å². The summed E-state index contributed by atoms with van der Waals surface area (Å²) in [6, 6.07) is 24.5. The lowest BCUT2D eigenvalue weighted by atomic mass is 9.85. The van der Waals surface area contributed by atoms with Crippen LogP contribution in [0, 0.1) is 24.5 Å². The van der Waals surface area contributed by atoms with Crippen LogP contribution in [0.5, 0.6) is 0 Å². The number of aliphatic hydroxyl groups excluding tert-OH is 1. The lowest BCUT2D eigenvalue weighted by Crippen LogP contribution is -2.31. The van der Waals surface area contributed by atoms with Crippen LogP contribution in [0.25, 0.3) is 0 Å². The number of sulfonamides is 1. The average Bonchev–Trinajstić information content (AvgIpc) is 3.05. The van der Waals surface area contributed by atoms with Gasteiger partial charge in [0.25, 0.3) is 5.91 Å². The normalized spacial score (nSPS) is 13.4. The van der Waals surface area contributed by atoms with Gasteiger partial charge in [-0.05, 0) is 92.5 Å². The second-order valence-electron chi connectivity index (χ2n) is 12.8. The van der Waals surface area contributed by atoms with Crippen LogP contribution < -0.4 is 4.31 Å². The zero-order valence-corrected chi connectivity index (χ0v) is 29.4. The zero-order valence-electron chi connectivity index (χ0n) is 28.6. The smallest absolute Gasteiger partial charge is 0.254 e. The number of carbonyl (C=O) groups is 2. The summed E-state index contributed by atoms with van der Waals surface area (Å²) in [5.41, 5.74) is 3.75. The van der Waals surface area contributed by atoms with Gasteiger partial charge in [-0.25, -0.2) is 17.2 Å². The second-order valence-corrected chi connectivity index (χ2v) is 14.8. The average molecular weight is 691 g/mol. The van der Waals surface area contributed by atoms with E-state index in [9.17, 15) is 31.9 Å². The van der Waals surface area contributed by atoms with Crippen LogP contribution in [-0.2, 0) is 22.9 Å². The van der Waals surface area contributed by atoms with Crippen LogP contribution in [0.15, 0.2) is 91.0 Å². The molecule has 0 radical (unpaired) electrons. The predicted molar refractivity (Wildman–Crippen MR) is 189 cm³/mol. The zero-order chi connectivity index (χ0) is 35.9. The lowest BCUT2D eigenvalue weighted by molar-refractivity contribution is 0.0740. The molecule has 260 valence electrons. The molecule has 0 heterocycles. The van der Waals surface area contributed by atoms with Crippen LogP contribution in [0.1, 0.15) is 75.2 Å². The van der Waals surface area contributed by atoms with E-state index in [-0.39, 0.29) is 35.7 Å². The van der Waals surface area contributed by atoms with E-state index in [1.54, 1.807) is 7.05 Å². The molecule has 10 heteroatoms. The maximum Gasteiger partial charge on any atom is 0.254 e. The maximum atomic E-state index is 14.1. The van der Waals surface area contributed by atoms with Gasteiger partial charge in [-0.2, -0.15) is 0 Å². The first kappa shape index (κ1) is 37.4. The minimum absolute atomic E-state index is 0.0259. The molecule has 0 bridgehead atoms. The number of benzene rings is 4. The van der Waals surface area contributed by atoms with Crippen LogP contribution in [-0.4, -0.2) is 56.6 Å². The van der Waals surface area contributed by atoms with Gasteiger partial charge < -0.3 is 10.0 Å². The fourth-order valence-corrected chi connectivity index (χ4v) is 6.44. The first-order valence-corrected chi connectivity index (χ1v) is 18.1. The van der Waals surface area contributed by atoms with E-state index in [2.05, 4.69) is 6.07 Å². The monoisotopic (exact) mass is 690 g/mol. The fourth-order valence-electron chi connectivity index (χ4n) is 5.95. The Balaban J connectivity index is 1.64. The van der Waals surface area contributed by atoms with Gasteiger partial charge in [0.1, 0.15) is 11.6 Å². The molecule has 0 spiro atoms. The summed E-state index contributed by atoms with van der Waals surface area (Å²) < 4.78 is 54.3. The number of hydrogen-bond acceptors (Lipinski definition) is 5. The van der Waals surface area contributed by atoms with E-state index >= 15 is 0 Å². The molecule has 1 N–H and O–H groups in total. The highest BCUT2D eigenvalue weighted by atomic mass is 32.2. The van der Waals surface area contributed by atoms with Crippen molar-refractivity contribution in [3.63, 3.8) is 0 Å². The van der Waals surface area contributed by atoms with Gasteiger partial charge in [0.05, 0.1) is 24.1 Å². The number of ketones is 1. The Morgan fingerprint density at radius 1 is 0.837 bits per heavy atom. The van der Waals surface area contributed by atoms with Gasteiger partial charge in [-0.1, -0.05) is 60.2 Å². The first-order valence-electron chi connectivity index (χ1n) is 16.2.